The first-order valence-electron chi connectivity index (χ1n) is 48.0. The summed E-state index contributed by atoms with van der Waals surface area (Å²) in [5, 5.41) is 80.2. The molecule has 48 nitrogen and oxygen atoms in total. The summed E-state index contributed by atoms with van der Waals surface area (Å²) in [5.74, 6) is -22.7. The van der Waals surface area contributed by atoms with Crippen LogP contribution in [0.4, 0.5) is 0 Å². The van der Waals surface area contributed by atoms with Crippen LogP contribution < -0.4 is 129 Å². The number of hydrogen-bond acceptors (Lipinski definition) is 29. The van der Waals surface area contributed by atoms with Crippen molar-refractivity contribution in [3.63, 3.8) is 0 Å². The molecule has 0 saturated heterocycles. The minimum atomic E-state index is -1.67. The van der Waals surface area contributed by atoms with Gasteiger partial charge in [-0.15, -0.1) is 0 Å². The number of thiol groups is 2. The Morgan fingerprint density at radius 1 is 0.229 bits per heavy atom. The van der Waals surface area contributed by atoms with Gasteiger partial charge >= 0.3 is 5.97 Å². The fraction of sp³-hybridized carbons (Fsp3) is 0.767. The third-order valence-corrected chi connectivity index (χ3v) is 22.4. The summed E-state index contributed by atoms with van der Waals surface area (Å²) in [5.41, 5.74) is 22.9. The van der Waals surface area contributed by atoms with Gasteiger partial charge in [-0.05, 0) is 163 Å². The summed E-state index contributed by atoms with van der Waals surface area (Å²) in [6.45, 7) is 25.7. The third-order valence-electron chi connectivity index (χ3n) is 21.6. The van der Waals surface area contributed by atoms with E-state index in [4.69, 9.17) is 22.9 Å². The van der Waals surface area contributed by atoms with E-state index < -0.39 is 290 Å². The predicted octanol–water partition coefficient (Wildman–Crippen LogP) is -6.66. The van der Waals surface area contributed by atoms with Gasteiger partial charge in [0.1, 0.15) is 96.7 Å². The first kappa shape index (κ1) is 129. The number of aliphatic carboxylic acids is 1. The molecule has 140 heavy (non-hydrogen) atoms. The first-order chi connectivity index (χ1) is 65.6. The smallest absolute Gasteiger partial charge is 0.327 e. The lowest BCUT2D eigenvalue weighted by molar-refractivity contribution is -0.141. The van der Waals surface area contributed by atoms with Crippen molar-refractivity contribution in [2.45, 2.75) is 311 Å². The number of aliphatic hydroxyl groups excluding tert-OH is 2. The van der Waals surface area contributed by atoms with Gasteiger partial charge in [-0.3, -0.25) is 95.9 Å². The molecule has 0 aromatic carbocycles. The zero-order valence-electron chi connectivity index (χ0n) is 84.4. The number of rotatable bonds is 71. The molecule has 50 heteroatoms. The van der Waals surface area contributed by atoms with Gasteiger partial charge in [-0.1, -0.05) is 125 Å². The Labute approximate surface area is 832 Å². The van der Waals surface area contributed by atoms with Gasteiger partial charge < -0.3 is 145 Å². The van der Waals surface area contributed by atoms with Crippen LogP contribution in [0.15, 0.2) is 0 Å². The molecule has 0 aromatic rings. The Balaban J connectivity index is 6.46. The SMILES string of the molecule is CC(C)C[C@H](NC(=O)CNC(=O)[C@H](CO)NC(=O)[C@@H](NC(=O)CNC(=O)[C@H](CS)NC(=O)[C@H](CC(C)C)NC(=O)[C@@H](NC(=O)[C@H](CCCCN)NC(=O)[C@H](CCCCN)NC(=O)CNC(=O)[C@@H](NC(=O)CNC(=O)[C@H](CC(C)C)NC(=O)[C@@H](NC(=O)[C@H](CCCCN)NC(=O)[C@H](CO)NC(=O)[C@H](CC(C)C)NC(=O)[C@H](CC(C)C)NC(=O)CN)C(C)C)C(C)C)C(C)C)C(C)C)C(=O)N[C@@H](CS)C(=O)O. The fourth-order valence-electron chi connectivity index (χ4n) is 14.0. The normalized spacial score (nSPS) is 14.8. The Bertz CT molecular complexity index is 4020. The zero-order chi connectivity index (χ0) is 107. The third kappa shape index (κ3) is 51.7. The van der Waals surface area contributed by atoms with Crippen LogP contribution in [0.5, 0.6) is 0 Å². The topological polar surface area (TPSA) is 764 Å². The molecule has 0 unspecified atom stereocenters. The zero-order valence-corrected chi connectivity index (χ0v) is 86.2. The Morgan fingerprint density at radius 2 is 0.436 bits per heavy atom. The van der Waals surface area contributed by atoms with Gasteiger partial charge in [0.05, 0.1) is 45.9 Å². The van der Waals surface area contributed by atoms with E-state index in [0.29, 0.717) is 25.7 Å². The molecule has 0 bridgehead atoms. The van der Waals surface area contributed by atoms with Gasteiger partial charge in [0.25, 0.3) is 0 Å². The van der Waals surface area contributed by atoms with Gasteiger partial charge in [-0.25, -0.2) is 4.79 Å². The van der Waals surface area contributed by atoms with Crippen molar-refractivity contribution in [2.75, 3.05) is 77.1 Å². The molecule has 800 valence electrons. The monoisotopic (exact) mass is 2030 g/mol. The van der Waals surface area contributed by atoms with Crippen LogP contribution >= 0.6 is 25.3 Å². The van der Waals surface area contributed by atoms with Crippen LogP contribution in [-0.4, -0.2) is 313 Å². The standard InChI is InChI=1S/C90H164N24O24S2/c1-45(2)31-57(105-88(135)73(52(15)16)113-80(127)56(27-21-24-30-93)103-85(132)63(42-116)107-83(130)60(34-48(7)8)104-81(128)58(32-46(3)4)100-66(117)36-94)75(122)95-39-69(120)111-71(50(11)12)86(133)98-38-67(118)99-54(25-19-22-28-91)78(125)102-55(26-20-23-29-92)79(126)114-74(53(17)18)89(136)106-61(35-49(9)10)84(131)109-64(43-139)77(124)97-40-70(121)112-72(51(13)14)87(134)108-62(41-115)76(123)96-37-68(119)101-59(33-47(5)6)82(129)110-65(44-140)90(137)138/h45-65,71-74,115-116,139-140H,19-44,91-94H2,1-18H3,(H,95,122)(H,96,123)(H,97,124)(H,98,133)(H,99,118)(H,100,117)(H,101,119)(H,102,125)(H,103,132)(H,104,128)(H,105,135)(H,106,136)(H,107,130)(H,108,134)(H,109,131)(H,110,129)(H,111,120)(H,112,121)(H,113,127)(H,114,126)(H,137,138)/t54-,55-,56-,57-,58-,59-,60-,61-,62-,63-,64-,65-,71-,72-,73-,74-/m0/s1. The van der Waals surface area contributed by atoms with E-state index in [1.165, 1.54) is 13.8 Å². The fourth-order valence-corrected chi connectivity index (χ4v) is 14.5. The quantitative estimate of drug-likeness (QED) is 0.0199. The number of carbonyl (C=O) groups excluding carboxylic acids is 20. The first-order valence-corrected chi connectivity index (χ1v) is 49.3. The van der Waals surface area contributed by atoms with Gasteiger partial charge in [0, 0.05) is 11.5 Å². The van der Waals surface area contributed by atoms with E-state index >= 15 is 0 Å². The lowest BCUT2D eigenvalue weighted by Gasteiger charge is -2.29. The van der Waals surface area contributed by atoms with Crippen molar-refractivity contribution in [2.24, 2.45) is 76.2 Å². The highest BCUT2D eigenvalue weighted by atomic mass is 32.1. The second-order valence-electron chi connectivity index (χ2n) is 38.1. The number of nitrogens with one attached hydrogen (secondary N) is 20. The van der Waals surface area contributed by atoms with Crippen LogP contribution in [-0.2, 0) is 101 Å². The van der Waals surface area contributed by atoms with Crippen molar-refractivity contribution in [3.05, 3.63) is 0 Å². The molecular weight excluding hydrogens is 1870 g/mol. The molecule has 0 spiro atoms. The molecule has 0 fully saturated rings. The van der Waals surface area contributed by atoms with Crippen LogP contribution in [0.25, 0.3) is 0 Å². The van der Waals surface area contributed by atoms with Gasteiger partial charge in [-0.2, -0.15) is 25.3 Å². The Hall–Kier alpha value is -10.7. The average molecular weight is 2030 g/mol. The second kappa shape index (κ2) is 69.3. The van der Waals surface area contributed by atoms with Crippen molar-refractivity contribution in [3.8, 4) is 0 Å². The van der Waals surface area contributed by atoms with Crippen LogP contribution in [0.1, 0.15) is 215 Å². The highest BCUT2D eigenvalue weighted by Crippen LogP contribution is 2.17. The average Bonchev–Trinajstić information content (AvgIpc) is 0.854. The number of aliphatic hydroxyl groups is 2. The Morgan fingerprint density at radius 3 is 0.743 bits per heavy atom. The number of hydrogen-bond donors (Lipinski definition) is 29. The molecule has 0 aliphatic heterocycles. The summed E-state index contributed by atoms with van der Waals surface area (Å²) in [4.78, 5) is 286. The number of carbonyl (C=O) groups is 21. The van der Waals surface area contributed by atoms with E-state index in [1.807, 2.05) is 13.8 Å². The number of carboxylic acids is 1. The summed E-state index contributed by atoms with van der Waals surface area (Å²) in [6.07, 6.45) is 2.35. The molecule has 20 amide bonds. The van der Waals surface area contributed by atoms with Crippen LogP contribution in [0.2, 0.25) is 0 Å². The van der Waals surface area contributed by atoms with Gasteiger partial charge in [0.2, 0.25) is 118 Å². The molecule has 0 aromatic heterocycles. The minimum Gasteiger partial charge on any atom is -0.480 e. The number of carboxylic acid groups (broad SMARTS) is 1. The minimum absolute atomic E-state index is 0.0121. The molecule has 16 atom stereocenters. The molecular formula is C90H164N24O24S2. The maximum atomic E-state index is 14.5. The Kier molecular flexibility index (Phi) is 64.0. The maximum Gasteiger partial charge on any atom is 0.327 e. The van der Waals surface area contributed by atoms with E-state index in [9.17, 15) is 116 Å². The second-order valence-corrected chi connectivity index (χ2v) is 38.8. The maximum absolute atomic E-state index is 14.5. The molecule has 31 N–H and O–H groups in total. The lowest BCUT2D eigenvalue weighted by atomic mass is 9.99. The molecule has 0 aliphatic carbocycles. The number of unbranched alkanes of at least 4 members (excludes halogenated alkanes) is 3. The summed E-state index contributed by atoms with van der Waals surface area (Å²) >= 11 is 8.18. The lowest BCUT2D eigenvalue weighted by Crippen LogP contribution is -2.61. The molecule has 0 aliphatic rings. The van der Waals surface area contributed by atoms with Crippen molar-refractivity contribution in [1.29, 1.82) is 0 Å². The highest BCUT2D eigenvalue weighted by molar-refractivity contribution is 7.80. The molecule has 0 radical (unpaired) electrons. The number of nitrogens with two attached hydrogens (primary N) is 4. The van der Waals surface area contributed by atoms with E-state index in [2.05, 4.69) is 132 Å². The van der Waals surface area contributed by atoms with Crippen LogP contribution in [0.3, 0.4) is 0 Å². The summed E-state index contributed by atoms with van der Waals surface area (Å²) < 4.78 is 0. The summed E-state index contributed by atoms with van der Waals surface area (Å²) in [7, 11) is 0. The number of amides is 20. The van der Waals surface area contributed by atoms with E-state index in [-0.39, 0.29) is 125 Å². The largest absolute Gasteiger partial charge is 0.480 e. The summed E-state index contributed by atoms with van der Waals surface area (Å²) in [6, 6.07) is -21.8. The van der Waals surface area contributed by atoms with Crippen LogP contribution in [0, 0.1) is 53.3 Å². The van der Waals surface area contributed by atoms with Crippen molar-refractivity contribution in [1.82, 2.24) is 106 Å². The van der Waals surface area contributed by atoms with E-state index in [0.717, 1.165) is 0 Å². The highest BCUT2D eigenvalue weighted by Gasteiger charge is 2.40. The van der Waals surface area contributed by atoms with Gasteiger partial charge in [0.15, 0.2) is 0 Å². The molecule has 0 heterocycles. The van der Waals surface area contributed by atoms with Crippen molar-refractivity contribution >= 4 is 149 Å². The van der Waals surface area contributed by atoms with E-state index in [1.54, 1.807) is 96.9 Å². The predicted molar refractivity (Wildman–Crippen MR) is 527 cm³/mol. The molecule has 0 rings (SSSR count). The van der Waals surface area contributed by atoms with Crippen molar-refractivity contribution < 1.29 is 116 Å². The molecule has 0 saturated carbocycles.